The summed E-state index contributed by atoms with van der Waals surface area (Å²) in [6, 6.07) is 11.2. The van der Waals surface area contributed by atoms with Gasteiger partial charge in [0.1, 0.15) is 0 Å². The minimum atomic E-state index is 0.0543. The number of hydrogen-bond donors (Lipinski definition) is 2. The second-order valence-corrected chi connectivity index (χ2v) is 6.41. The highest BCUT2D eigenvalue weighted by atomic mass is 15.2. The maximum absolute atomic E-state index is 4.77. The van der Waals surface area contributed by atoms with Gasteiger partial charge in [-0.25, -0.2) is 0 Å². The summed E-state index contributed by atoms with van der Waals surface area (Å²) in [7, 11) is 0. The Morgan fingerprint density at radius 2 is 1.95 bits per heavy atom. The Bertz CT molecular complexity index is 451. The lowest BCUT2D eigenvalue weighted by atomic mass is 9.85. The molecule has 0 radical (unpaired) electrons. The molecule has 3 nitrogen and oxygen atoms in total. The molecule has 1 fully saturated rings. The van der Waals surface area contributed by atoms with E-state index in [9.17, 15) is 0 Å². The van der Waals surface area contributed by atoms with Gasteiger partial charge in [-0.3, -0.25) is 4.99 Å². The molecule has 2 unspecified atom stereocenters. The molecule has 1 aliphatic rings. The van der Waals surface area contributed by atoms with Gasteiger partial charge in [0.05, 0.1) is 6.54 Å². The van der Waals surface area contributed by atoms with Gasteiger partial charge in [-0.1, -0.05) is 51.1 Å². The van der Waals surface area contributed by atoms with Crippen molar-refractivity contribution in [2.75, 3.05) is 13.1 Å². The van der Waals surface area contributed by atoms with E-state index in [1.54, 1.807) is 0 Å². The third-order valence-corrected chi connectivity index (χ3v) is 3.96. The summed E-state index contributed by atoms with van der Waals surface area (Å²) in [5.74, 6) is 1.73. The van der Waals surface area contributed by atoms with Crippen LogP contribution in [0, 0.1) is 5.92 Å². The summed E-state index contributed by atoms with van der Waals surface area (Å²) < 4.78 is 0. The number of nitrogens with zero attached hydrogens (tertiary/aromatic N) is 1. The molecule has 110 valence electrons. The Morgan fingerprint density at radius 1 is 1.30 bits per heavy atom. The minimum Gasteiger partial charge on any atom is -0.357 e. The van der Waals surface area contributed by atoms with Gasteiger partial charge in [0, 0.05) is 18.0 Å². The zero-order chi connectivity index (χ0) is 14.6. The predicted octanol–water partition coefficient (Wildman–Crippen LogP) is 2.93. The maximum atomic E-state index is 4.77. The van der Waals surface area contributed by atoms with Gasteiger partial charge < -0.3 is 10.6 Å². The van der Waals surface area contributed by atoms with E-state index >= 15 is 0 Å². The van der Waals surface area contributed by atoms with Crippen molar-refractivity contribution in [2.45, 2.75) is 45.6 Å². The van der Waals surface area contributed by atoms with Gasteiger partial charge in [-0.2, -0.15) is 0 Å². The van der Waals surface area contributed by atoms with Crippen molar-refractivity contribution in [3.8, 4) is 0 Å². The van der Waals surface area contributed by atoms with E-state index in [1.807, 2.05) is 0 Å². The van der Waals surface area contributed by atoms with Crippen molar-refractivity contribution in [1.29, 1.82) is 0 Å². The molecule has 0 bridgehead atoms. The van der Waals surface area contributed by atoms with Crippen LogP contribution in [-0.4, -0.2) is 25.1 Å². The second-order valence-electron chi connectivity index (χ2n) is 6.41. The van der Waals surface area contributed by atoms with Crippen LogP contribution in [0.4, 0.5) is 0 Å². The van der Waals surface area contributed by atoms with Crippen LogP contribution in [0.15, 0.2) is 35.3 Å². The minimum absolute atomic E-state index is 0.0543. The third kappa shape index (κ3) is 3.99. The summed E-state index contributed by atoms with van der Waals surface area (Å²) in [5.41, 5.74) is 1.39. The Hall–Kier alpha value is -1.51. The first-order chi connectivity index (χ1) is 9.53. The largest absolute Gasteiger partial charge is 0.357 e. The molecule has 0 amide bonds. The predicted molar refractivity (Wildman–Crippen MR) is 86.2 cm³/mol. The highest BCUT2D eigenvalue weighted by Gasteiger charge is 2.33. The average Bonchev–Trinajstić information content (AvgIpc) is 3.13. The average molecular weight is 273 g/mol. The molecule has 1 aromatic carbocycles. The second kappa shape index (κ2) is 6.29. The maximum Gasteiger partial charge on any atom is 0.191 e. The van der Waals surface area contributed by atoms with E-state index in [-0.39, 0.29) is 5.41 Å². The molecule has 1 saturated carbocycles. The Kier molecular flexibility index (Phi) is 4.69. The molecule has 0 spiro atoms. The zero-order valence-electron chi connectivity index (χ0n) is 13.1. The van der Waals surface area contributed by atoms with Gasteiger partial charge in [-0.05, 0) is 24.8 Å². The summed E-state index contributed by atoms with van der Waals surface area (Å²) in [6.07, 6.45) is 1.26. The molecular weight excluding hydrogens is 246 g/mol. The van der Waals surface area contributed by atoms with Crippen LogP contribution in [0.2, 0.25) is 0 Å². The Labute approximate surface area is 122 Å². The molecule has 0 saturated heterocycles. The quantitative estimate of drug-likeness (QED) is 0.639. The van der Waals surface area contributed by atoms with E-state index in [2.05, 4.69) is 68.7 Å². The number of benzene rings is 1. The summed E-state index contributed by atoms with van der Waals surface area (Å²) in [6.45, 7) is 10.6. The number of aliphatic imine (C=N–C) groups is 1. The van der Waals surface area contributed by atoms with Crippen LogP contribution in [-0.2, 0) is 5.41 Å². The SMILES string of the molecule is CCNC(=NCC(C)(C)c1ccccc1)NC1CC1C. The van der Waals surface area contributed by atoms with Crippen LogP contribution in [0.1, 0.15) is 39.7 Å². The van der Waals surface area contributed by atoms with Crippen LogP contribution < -0.4 is 10.6 Å². The lowest BCUT2D eigenvalue weighted by molar-refractivity contribution is 0.537. The topological polar surface area (TPSA) is 36.4 Å². The van der Waals surface area contributed by atoms with Gasteiger partial charge >= 0.3 is 0 Å². The molecule has 0 aromatic heterocycles. The van der Waals surface area contributed by atoms with E-state index in [0.29, 0.717) is 6.04 Å². The lowest BCUT2D eigenvalue weighted by Gasteiger charge is -2.24. The van der Waals surface area contributed by atoms with Crippen molar-refractivity contribution in [1.82, 2.24) is 10.6 Å². The molecule has 2 atom stereocenters. The summed E-state index contributed by atoms with van der Waals surface area (Å²) >= 11 is 0. The van der Waals surface area contributed by atoms with Crippen LogP contribution in [0.5, 0.6) is 0 Å². The van der Waals surface area contributed by atoms with Crippen molar-refractivity contribution in [2.24, 2.45) is 10.9 Å². The lowest BCUT2D eigenvalue weighted by Crippen LogP contribution is -2.40. The van der Waals surface area contributed by atoms with Crippen molar-refractivity contribution < 1.29 is 0 Å². The van der Waals surface area contributed by atoms with Gasteiger partial charge in [0.2, 0.25) is 0 Å². The standard InChI is InChI=1S/C17H27N3/c1-5-18-16(20-15-11-13(15)2)19-12-17(3,4)14-9-7-6-8-10-14/h6-10,13,15H,5,11-12H2,1-4H3,(H2,18,19,20). The van der Waals surface area contributed by atoms with E-state index in [1.165, 1.54) is 12.0 Å². The molecule has 20 heavy (non-hydrogen) atoms. The monoisotopic (exact) mass is 273 g/mol. The van der Waals surface area contributed by atoms with Gasteiger partial charge in [0.25, 0.3) is 0 Å². The first-order valence-electron chi connectivity index (χ1n) is 7.63. The fourth-order valence-electron chi connectivity index (χ4n) is 2.28. The van der Waals surface area contributed by atoms with Gasteiger partial charge in [0.15, 0.2) is 5.96 Å². The smallest absolute Gasteiger partial charge is 0.191 e. The molecular formula is C17H27N3. The highest BCUT2D eigenvalue weighted by Crippen LogP contribution is 2.29. The fourth-order valence-corrected chi connectivity index (χ4v) is 2.28. The normalized spacial score (nSPS) is 22.5. The molecule has 0 aliphatic heterocycles. The van der Waals surface area contributed by atoms with Crippen molar-refractivity contribution in [3.05, 3.63) is 35.9 Å². The Morgan fingerprint density at radius 3 is 2.50 bits per heavy atom. The summed E-state index contributed by atoms with van der Waals surface area (Å²) in [5, 5.41) is 6.84. The molecule has 1 aromatic rings. The number of rotatable bonds is 5. The van der Waals surface area contributed by atoms with Gasteiger partial charge in [-0.15, -0.1) is 0 Å². The fraction of sp³-hybridized carbons (Fsp3) is 0.588. The van der Waals surface area contributed by atoms with Crippen LogP contribution in [0.25, 0.3) is 0 Å². The van der Waals surface area contributed by atoms with Crippen LogP contribution >= 0.6 is 0 Å². The first-order valence-corrected chi connectivity index (χ1v) is 7.63. The third-order valence-electron chi connectivity index (χ3n) is 3.96. The summed E-state index contributed by atoms with van der Waals surface area (Å²) in [4.78, 5) is 4.77. The molecule has 2 rings (SSSR count). The van der Waals surface area contributed by atoms with Crippen molar-refractivity contribution in [3.63, 3.8) is 0 Å². The number of hydrogen-bond acceptors (Lipinski definition) is 1. The van der Waals surface area contributed by atoms with E-state index < -0.39 is 0 Å². The van der Waals surface area contributed by atoms with Crippen LogP contribution in [0.3, 0.4) is 0 Å². The Balaban J connectivity index is 2.00. The van der Waals surface area contributed by atoms with E-state index in [0.717, 1.165) is 25.0 Å². The van der Waals surface area contributed by atoms with E-state index in [4.69, 9.17) is 4.99 Å². The number of guanidine groups is 1. The zero-order valence-corrected chi connectivity index (χ0v) is 13.1. The molecule has 2 N–H and O–H groups in total. The number of nitrogens with one attached hydrogen (secondary N) is 2. The molecule has 0 heterocycles. The molecule has 1 aliphatic carbocycles. The van der Waals surface area contributed by atoms with Crippen molar-refractivity contribution >= 4 is 5.96 Å². The first kappa shape index (κ1) is 14.9. The molecule has 3 heteroatoms. The highest BCUT2D eigenvalue weighted by molar-refractivity contribution is 5.80.